The van der Waals surface area contributed by atoms with E-state index in [0.29, 0.717) is 0 Å². The molecule has 0 saturated carbocycles. The fourth-order valence-corrected chi connectivity index (χ4v) is 1.96. The van der Waals surface area contributed by atoms with E-state index in [4.69, 9.17) is 5.73 Å². The summed E-state index contributed by atoms with van der Waals surface area (Å²) in [5.74, 6) is 1.96. The molecule has 2 N–H and O–H groups in total. The van der Waals surface area contributed by atoms with Gasteiger partial charge in [-0.15, -0.1) is 0 Å². The molecule has 0 unspecified atom stereocenters. The SMILES string of the molecule is CN(C)Cc1cccc(CSCCN)n1. The van der Waals surface area contributed by atoms with E-state index in [1.807, 2.05) is 11.8 Å². The molecule has 84 valence electrons. The first-order valence-electron chi connectivity index (χ1n) is 5.09. The summed E-state index contributed by atoms with van der Waals surface area (Å²) in [6.07, 6.45) is 0. The van der Waals surface area contributed by atoms with Crippen LogP contribution in [0.2, 0.25) is 0 Å². The molecule has 1 rings (SSSR count). The average Bonchev–Trinajstić information content (AvgIpc) is 2.18. The third kappa shape index (κ3) is 5.16. The highest BCUT2D eigenvalue weighted by atomic mass is 32.2. The van der Waals surface area contributed by atoms with Crippen molar-refractivity contribution in [2.75, 3.05) is 26.4 Å². The Morgan fingerprint density at radius 3 is 2.73 bits per heavy atom. The quantitative estimate of drug-likeness (QED) is 0.742. The second-order valence-electron chi connectivity index (χ2n) is 3.70. The second kappa shape index (κ2) is 6.82. The molecule has 0 fully saturated rings. The molecule has 0 aromatic carbocycles. The van der Waals surface area contributed by atoms with E-state index < -0.39 is 0 Å². The van der Waals surface area contributed by atoms with Gasteiger partial charge in [0.25, 0.3) is 0 Å². The Morgan fingerprint density at radius 1 is 1.33 bits per heavy atom. The molecule has 0 atom stereocenters. The van der Waals surface area contributed by atoms with Crippen LogP contribution < -0.4 is 5.73 Å². The van der Waals surface area contributed by atoms with Crippen LogP contribution in [0, 0.1) is 0 Å². The molecule has 0 aliphatic heterocycles. The minimum Gasteiger partial charge on any atom is -0.330 e. The van der Waals surface area contributed by atoms with Crippen LogP contribution in [-0.2, 0) is 12.3 Å². The molecule has 0 saturated heterocycles. The first-order valence-corrected chi connectivity index (χ1v) is 6.25. The maximum Gasteiger partial charge on any atom is 0.0547 e. The van der Waals surface area contributed by atoms with Gasteiger partial charge in [0, 0.05) is 24.6 Å². The van der Waals surface area contributed by atoms with E-state index >= 15 is 0 Å². The third-order valence-electron chi connectivity index (χ3n) is 1.85. The summed E-state index contributed by atoms with van der Waals surface area (Å²) < 4.78 is 0. The van der Waals surface area contributed by atoms with Gasteiger partial charge in [0.1, 0.15) is 0 Å². The molecule has 0 spiro atoms. The van der Waals surface area contributed by atoms with E-state index in [9.17, 15) is 0 Å². The lowest BCUT2D eigenvalue weighted by Crippen LogP contribution is -2.12. The lowest BCUT2D eigenvalue weighted by Gasteiger charge is -2.09. The Labute approximate surface area is 96.1 Å². The Hall–Kier alpha value is -0.580. The van der Waals surface area contributed by atoms with E-state index in [-0.39, 0.29) is 0 Å². The van der Waals surface area contributed by atoms with Crippen molar-refractivity contribution in [2.45, 2.75) is 12.3 Å². The molecular formula is C11H19N3S. The highest BCUT2D eigenvalue weighted by Crippen LogP contribution is 2.10. The van der Waals surface area contributed by atoms with Crippen LogP contribution in [0.15, 0.2) is 18.2 Å². The zero-order valence-corrected chi connectivity index (χ0v) is 10.3. The third-order valence-corrected chi connectivity index (χ3v) is 2.88. The normalized spacial score (nSPS) is 10.9. The number of thioether (sulfide) groups is 1. The van der Waals surface area contributed by atoms with Gasteiger partial charge >= 0.3 is 0 Å². The van der Waals surface area contributed by atoms with Gasteiger partial charge in [0.05, 0.1) is 11.4 Å². The summed E-state index contributed by atoms with van der Waals surface area (Å²) in [6, 6.07) is 6.21. The second-order valence-corrected chi connectivity index (χ2v) is 4.80. The summed E-state index contributed by atoms with van der Waals surface area (Å²) in [5, 5.41) is 0. The fourth-order valence-electron chi connectivity index (χ4n) is 1.28. The molecule has 0 aliphatic carbocycles. The van der Waals surface area contributed by atoms with Crippen LogP contribution in [0.4, 0.5) is 0 Å². The van der Waals surface area contributed by atoms with Crippen LogP contribution in [0.25, 0.3) is 0 Å². The van der Waals surface area contributed by atoms with Crippen LogP contribution in [0.5, 0.6) is 0 Å². The summed E-state index contributed by atoms with van der Waals surface area (Å²) >= 11 is 1.83. The molecule has 0 bridgehead atoms. The Morgan fingerprint density at radius 2 is 2.07 bits per heavy atom. The smallest absolute Gasteiger partial charge is 0.0547 e. The predicted molar refractivity (Wildman–Crippen MR) is 66.8 cm³/mol. The summed E-state index contributed by atoms with van der Waals surface area (Å²) in [7, 11) is 4.11. The van der Waals surface area contributed by atoms with E-state index in [1.54, 1.807) is 0 Å². The van der Waals surface area contributed by atoms with E-state index in [1.165, 1.54) is 0 Å². The Kier molecular flexibility index (Phi) is 5.68. The number of aromatic nitrogens is 1. The molecule has 15 heavy (non-hydrogen) atoms. The molecule has 1 aromatic heterocycles. The van der Waals surface area contributed by atoms with Crippen molar-refractivity contribution >= 4 is 11.8 Å². The Bertz CT molecular complexity index is 289. The van der Waals surface area contributed by atoms with Gasteiger partial charge in [-0.3, -0.25) is 4.98 Å². The van der Waals surface area contributed by atoms with E-state index in [2.05, 4.69) is 42.2 Å². The minimum absolute atomic E-state index is 0.738. The number of nitrogens with zero attached hydrogens (tertiary/aromatic N) is 2. The lowest BCUT2D eigenvalue weighted by atomic mass is 10.3. The topological polar surface area (TPSA) is 42.1 Å². The van der Waals surface area contributed by atoms with Crippen molar-refractivity contribution in [3.8, 4) is 0 Å². The average molecular weight is 225 g/mol. The monoisotopic (exact) mass is 225 g/mol. The van der Waals surface area contributed by atoms with Crippen LogP contribution in [0.1, 0.15) is 11.4 Å². The number of hydrogen-bond acceptors (Lipinski definition) is 4. The molecule has 1 aromatic rings. The highest BCUT2D eigenvalue weighted by Gasteiger charge is 1.99. The largest absolute Gasteiger partial charge is 0.330 e. The highest BCUT2D eigenvalue weighted by molar-refractivity contribution is 7.98. The summed E-state index contributed by atoms with van der Waals surface area (Å²) in [5.41, 5.74) is 7.72. The van der Waals surface area contributed by atoms with Crippen LogP contribution >= 0.6 is 11.8 Å². The van der Waals surface area contributed by atoms with Crippen molar-refractivity contribution < 1.29 is 0 Å². The number of rotatable bonds is 6. The molecule has 3 nitrogen and oxygen atoms in total. The van der Waals surface area contributed by atoms with Gasteiger partial charge < -0.3 is 10.6 Å². The first kappa shape index (κ1) is 12.5. The van der Waals surface area contributed by atoms with Crippen molar-refractivity contribution in [3.63, 3.8) is 0 Å². The van der Waals surface area contributed by atoms with Gasteiger partial charge in [0.15, 0.2) is 0 Å². The van der Waals surface area contributed by atoms with Gasteiger partial charge in [-0.25, -0.2) is 0 Å². The van der Waals surface area contributed by atoms with Crippen molar-refractivity contribution in [3.05, 3.63) is 29.6 Å². The van der Waals surface area contributed by atoms with Gasteiger partial charge in [-0.2, -0.15) is 11.8 Å². The van der Waals surface area contributed by atoms with Crippen molar-refractivity contribution in [1.29, 1.82) is 0 Å². The number of pyridine rings is 1. The molecule has 1 heterocycles. The number of nitrogens with two attached hydrogens (primary N) is 1. The maximum atomic E-state index is 5.44. The predicted octanol–water partition coefficient (Wildman–Crippen LogP) is 1.34. The fraction of sp³-hybridized carbons (Fsp3) is 0.545. The standard InChI is InChI=1S/C11H19N3S/c1-14(2)8-10-4-3-5-11(13-10)9-15-7-6-12/h3-5H,6-9,12H2,1-2H3. The molecular weight excluding hydrogens is 206 g/mol. The molecule has 0 radical (unpaired) electrons. The zero-order chi connectivity index (χ0) is 11.1. The summed E-state index contributed by atoms with van der Waals surface area (Å²) in [4.78, 5) is 6.71. The van der Waals surface area contributed by atoms with Gasteiger partial charge in [-0.1, -0.05) is 6.07 Å². The van der Waals surface area contributed by atoms with Crippen molar-refractivity contribution in [2.24, 2.45) is 5.73 Å². The van der Waals surface area contributed by atoms with Crippen molar-refractivity contribution in [1.82, 2.24) is 9.88 Å². The maximum absolute atomic E-state index is 5.44. The number of hydrogen-bond donors (Lipinski definition) is 1. The summed E-state index contributed by atoms with van der Waals surface area (Å²) in [6.45, 7) is 1.64. The van der Waals surface area contributed by atoms with E-state index in [0.717, 1.165) is 36.0 Å². The molecule has 0 aliphatic rings. The molecule has 4 heteroatoms. The molecule has 0 amide bonds. The lowest BCUT2D eigenvalue weighted by molar-refractivity contribution is 0.396. The first-order chi connectivity index (χ1) is 7.22. The zero-order valence-electron chi connectivity index (χ0n) is 9.44. The van der Waals surface area contributed by atoms with Gasteiger partial charge in [-0.05, 0) is 26.2 Å². The van der Waals surface area contributed by atoms with Crippen LogP contribution in [-0.4, -0.2) is 36.3 Å². The minimum atomic E-state index is 0.738. The Balaban J connectivity index is 2.50. The van der Waals surface area contributed by atoms with Gasteiger partial charge in [0.2, 0.25) is 0 Å². The van der Waals surface area contributed by atoms with Crippen LogP contribution in [0.3, 0.4) is 0 Å².